The number of methoxy groups -OCH3 is 1. The monoisotopic (exact) mass is 368 g/mol. The van der Waals surface area contributed by atoms with Crippen molar-refractivity contribution in [1.29, 1.82) is 0 Å². The second-order valence-electron chi connectivity index (χ2n) is 7.18. The minimum Gasteiger partial charge on any atom is -0.383 e. The highest BCUT2D eigenvalue weighted by atomic mass is 16.5. The average molecular weight is 368 g/mol. The zero-order chi connectivity index (χ0) is 19.2. The van der Waals surface area contributed by atoms with Gasteiger partial charge in [-0.1, -0.05) is 12.1 Å². The zero-order valence-corrected chi connectivity index (χ0v) is 16.4. The molecule has 27 heavy (non-hydrogen) atoms. The Kier molecular flexibility index (Phi) is 6.53. The number of hydrogen-bond donors (Lipinski definition) is 1. The summed E-state index contributed by atoms with van der Waals surface area (Å²) >= 11 is 0. The number of likely N-dealkylation sites (tertiary alicyclic amines) is 1. The Bertz CT molecular complexity index is 794. The Balaban J connectivity index is 1.60. The van der Waals surface area contributed by atoms with Crippen molar-refractivity contribution < 1.29 is 9.53 Å². The number of carbonyl (C=O) groups excluding carboxylic acids is 1. The van der Waals surface area contributed by atoms with Gasteiger partial charge in [-0.05, 0) is 44.9 Å². The Hall–Kier alpha value is -2.31. The van der Waals surface area contributed by atoms with E-state index < -0.39 is 0 Å². The van der Waals surface area contributed by atoms with Gasteiger partial charge in [-0.3, -0.25) is 9.78 Å². The van der Waals surface area contributed by atoms with Gasteiger partial charge in [-0.25, -0.2) is 4.98 Å². The molecule has 2 heterocycles. The summed E-state index contributed by atoms with van der Waals surface area (Å²) in [5, 5.41) is 3.09. The number of rotatable bonds is 7. The fourth-order valence-electron chi connectivity index (χ4n) is 3.46. The summed E-state index contributed by atoms with van der Waals surface area (Å²) in [6.45, 7) is 8.36. The minimum absolute atomic E-state index is 0.0366. The van der Waals surface area contributed by atoms with Crippen LogP contribution in [0.25, 0.3) is 11.3 Å². The van der Waals surface area contributed by atoms with E-state index >= 15 is 0 Å². The van der Waals surface area contributed by atoms with Crippen molar-refractivity contribution >= 4 is 5.91 Å². The summed E-state index contributed by atoms with van der Waals surface area (Å²) in [6.07, 6.45) is 2.87. The predicted molar refractivity (Wildman–Crippen MR) is 106 cm³/mol. The molecule has 1 N–H and O–H groups in total. The summed E-state index contributed by atoms with van der Waals surface area (Å²) in [6, 6.07) is 7.61. The predicted octanol–water partition coefficient (Wildman–Crippen LogP) is 2.46. The Morgan fingerprint density at radius 2 is 2.22 bits per heavy atom. The summed E-state index contributed by atoms with van der Waals surface area (Å²) in [4.78, 5) is 23.9. The molecule has 0 unspecified atom stereocenters. The van der Waals surface area contributed by atoms with E-state index in [9.17, 15) is 4.79 Å². The quantitative estimate of drug-likeness (QED) is 0.813. The molecule has 0 radical (unpaired) electrons. The molecule has 2 aromatic rings. The molecule has 1 aromatic carbocycles. The van der Waals surface area contributed by atoms with Crippen LogP contribution in [0.3, 0.4) is 0 Å². The highest BCUT2D eigenvalue weighted by Crippen LogP contribution is 2.21. The highest BCUT2D eigenvalue weighted by Gasteiger charge is 2.22. The van der Waals surface area contributed by atoms with Gasteiger partial charge in [0.25, 0.3) is 5.91 Å². The summed E-state index contributed by atoms with van der Waals surface area (Å²) in [5.74, 6) is 0.462. The maximum Gasteiger partial charge on any atom is 0.251 e. The lowest BCUT2D eigenvalue weighted by Crippen LogP contribution is -2.31. The number of nitrogens with zero attached hydrogens (tertiary/aromatic N) is 3. The number of benzene rings is 1. The molecular formula is C21H28N4O2. The van der Waals surface area contributed by atoms with Crippen LogP contribution in [0, 0.1) is 19.8 Å². The number of nitrogens with one attached hydrogen (secondary N) is 1. The number of ether oxygens (including phenoxy) is 1. The molecule has 6 nitrogen and oxygen atoms in total. The zero-order valence-electron chi connectivity index (χ0n) is 16.4. The number of aromatic nitrogens is 2. The van der Waals surface area contributed by atoms with Gasteiger partial charge in [0.15, 0.2) is 0 Å². The number of hydrogen-bond acceptors (Lipinski definition) is 5. The molecule has 1 aliphatic rings. The smallest absolute Gasteiger partial charge is 0.251 e. The van der Waals surface area contributed by atoms with Crippen molar-refractivity contribution in [3.63, 3.8) is 0 Å². The lowest BCUT2D eigenvalue weighted by Gasteiger charge is -2.15. The van der Waals surface area contributed by atoms with Gasteiger partial charge in [0.05, 0.1) is 23.7 Å². The normalized spacial score (nSPS) is 17.2. The topological polar surface area (TPSA) is 67.3 Å². The summed E-state index contributed by atoms with van der Waals surface area (Å²) < 4.78 is 5.14. The van der Waals surface area contributed by atoms with Gasteiger partial charge in [0.1, 0.15) is 0 Å². The molecular weight excluding hydrogens is 340 g/mol. The maximum absolute atomic E-state index is 12.6. The maximum atomic E-state index is 12.6. The van der Waals surface area contributed by atoms with Crippen LogP contribution < -0.4 is 5.32 Å². The van der Waals surface area contributed by atoms with E-state index in [1.165, 1.54) is 0 Å². The van der Waals surface area contributed by atoms with Crippen LogP contribution in [0.1, 0.15) is 28.2 Å². The van der Waals surface area contributed by atoms with Crippen LogP contribution in [0.4, 0.5) is 0 Å². The van der Waals surface area contributed by atoms with E-state index in [-0.39, 0.29) is 5.91 Å². The molecule has 1 aromatic heterocycles. The summed E-state index contributed by atoms with van der Waals surface area (Å²) in [5.41, 5.74) is 4.13. The van der Waals surface area contributed by atoms with Crippen LogP contribution in [0.5, 0.6) is 0 Å². The second kappa shape index (κ2) is 9.06. The van der Waals surface area contributed by atoms with Crippen LogP contribution in [0.2, 0.25) is 0 Å². The lowest BCUT2D eigenvalue weighted by molar-refractivity contribution is 0.0946. The van der Waals surface area contributed by atoms with Crippen molar-refractivity contribution in [2.24, 2.45) is 5.92 Å². The molecule has 144 valence electrons. The van der Waals surface area contributed by atoms with Crippen LogP contribution in [0.15, 0.2) is 30.5 Å². The van der Waals surface area contributed by atoms with Crippen molar-refractivity contribution in [3.05, 3.63) is 47.4 Å². The highest BCUT2D eigenvalue weighted by molar-refractivity contribution is 5.95. The second-order valence-corrected chi connectivity index (χ2v) is 7.18. The first-order valence-electron chi connectivity index (χ1n) is 9.47. The van der Waals surface area contributed by atoms with E-state index in [4.69, 9.17) is 4.74 Å². The molecule has 1 atom stereocenters. The first-order chi connectivity index (χ1) is 13.1. The van der Waals surface area contributed by atoms with Crippen molar-refractivity contribution in [2.45, 2.75) is 20.3 Å². The molecule has 1 saturated heterocycles. The van der Waals surface area contributed by atoms with E-state index in [2.05, 4.69) is 20.2 Å². The van der Waals surface area contributed by atoms with E-state index in [0.29, 0.717) is 18.0 Å². The molecule has 1 amide bonds. The molecule has 1 aliphatic heterocycles. The van der Waals surface area contributed by atoms with Crippen LogP contribution in [-0.4, -0.2) is 60.7 Å². The van der Waals surface area contributed by atoms with Gasteiger partial charge < -0.3 is 15.0 Å². The molecule has 0 aliphatic carbocycles. The van der Waals surface area contributed by atoms with E-state index in [0.717, 1.165) is 55.3 Å². The van der Waals surface area contributed by atoms with Gasteiger partial charge >= 0.3 is 0 Å². The van der Waals surface area contributed by atoms with Crippen LogP contribution in [-0.2, 0) is 4.74 Å². The van der Waals surface area contributed by atoms with Gasteiger partial charge in [-0.2, -0.15) is 0 Å². The molecule has 0 saturated carbocycles. The Labute approximate surface area is 161 Å². The Morgan fingerprint density at radius 1 is 1.37 bits per heavy atom. The van der Waals surface area contributed by atoms with Gasteiger partial charge in [-0.15, -0.1) is 0 Å². The first kappa shape index (κ1) is 19.5. The van der Waals surface area contributed by atoms with Crippen LogP contribution >= 0.6 is 0 Å². The van der Waals surface area contributed by atoms with Crippen molar-refractivity contribution in [1.82, 2.24) is 20.2 Å². The Morgan fingerprint density at radius 3 is 3.04 bits per heavy atom. The van der Waals surface area contributed by atoms with E-state index in [1.807, 2.05) is 38.1 Å². The molecule has 0 bridgehead atoms. The lowest BCUT2D eigenvalue weighted by atomic mass is 10.1. The van der Waals surface area contributed by atoms with Gasteiger partial charge in [0, 0.05) is 44.1 Å². The largest absolute Gasteiger partial charge is 0.383 e. The third-order valence-corrected chi connectivity index (χ3v) is 5.01. The molecule has 6 heteroatoms. The molecule has 1 fully saturated rings. The fourth-order valence-corrected chi connectivity index (χ4v) is 3.46. The fraction of sp³-hybridized carbons (Fsp3) is 0.476. The standard InChI is InChI=1S/C21H28N4O2/c1-15-12-22-16(2)20(24-15)18-5-4-6-19(11-18)21(26)23-13-17-7-8-25(14-17)9-10-27-3/h4-6,11-12,17H,7-10,13-14H2,1-3H3,(H,23,26)/t17-/m1/s1. The minimum atomic E-state index is -0.0366. The summed E-state index contributed by atoms with van der Waals surface area (Å²) in [7, 11) is 1.73. The average Bonchev–Trinajstić information content (AvgIpc) is 3.14. The van der Waals surface area contributed by atoms with Crippen molar-refractivity contribution in [2.75, 3.05) is 39.9 Å². The van der Waals surface area contributed by atoms with Gasteiger partial charge in [0.2, 0.25) is 0 Å². The number of aryl methyl sites for hydroxylation is 2. The molecule has 0 spiro atoms. The third-order valence-electron chi connectivity index (χ3n) is 5.01. The van der Waals surface area contributed by atoms with Crippen molar-refractivity contribution in [3.8, 4) is 11.3 Å². The first-order valence-corrected chi connectivity index (χ1v) is 9.47. The SMILES string of the molecule is COCCN1CC[C@H](CNC(=O)c2cccc(-c3nc(C)cnc3C)c2)C1. The van der Waals surface area contributed by atoms with E-state index in [1.54, 1.807) is 13.3 Å². The third kappa shape index (κ3) is 5.11. The number of carbonyl (C=O) groups is 1. The number of amides is 1. The molecule has 3 rings (SSSR count).